The van der Waals surface area contributed by atoms with Crippen molar-refractivity contribution in [2.45, 2.75) is 70.6 Å². The number of hydrogen-bond donors (Lipinski definition) is 2. The van der Waals surface area contributed by atoms with Gasteiger partial charge in [-0.25, -0.2) is 0 Å². The van der Waals surface area contributed by atoms with E-state index in [0.717, 1.165) is 38.9 Å². The Morgan fingerprint density at radius 3 is 2.16 bits per heavy atom. The monoisotopic (exact) mass is 272 g/mol. The van der Waals surface area contributed by atoms with Gasteiger partial charge in [0.25, 0.3) is 0 Å². The SMILES string of the molecule is CC(N)(CO)CCCCN1CC(C)(C)OC(C)(C)C1. The van der Waals surface area contributed by atoms with Gasteiger partial charge in [0.15, 0.2) is 0 Å². The largest absolute Gasteiger partial charge is 0.394 e. The molecule has 0 aromatic heterocycles. The van der Waals surface area contributed by atoms with Crippen LogP contribution in [0.3, 0.4) is 0 Å². The molecule has 1 saturated heterocycles. The van der Waals surface area contributed by atoms with Gasteiger partial charge in [-0.15, -0.1) is 0 Å². The summed E-state index contributed by atoms with van der Waals surface area (Å²) < 4.78 is 6.07. The van der Waals surface area contributed by atoms with E-state index in [0.29, 0.717) is 0 Å². The number of nitrogens with zero attached hydrogens (tertiary/aromatic N) is 1. The fourth-order valence-electron chi connectivity index (χ4n) is 3.05. The van der Waals surface area contributed by atoms with Crippen molar-refractivity contribution in [2.75, 3.05) is 26.2 Å². The van der Waals surface area contributed by atoms with E-state index >= 15 is 0 Å². The summed E-state index contributed by atoms with van der Waals surface area (Å²) in [5.74, 6) is 0. The number of hydrogen-bond acceptors (Lipinski definition) is 4. The first-order valence-corrected chi connectivity index (χ1v) is 7.38. The summed E-state index contributed by atoms with van der Waals surface area (Å²) in [6, 6.07) is 0. The zero-order valence-corrected chi connectivity index (χ0v) is 13.3. The van der Waals surface area contributed by atoms with Crippen LogP contribution < -0.4 is 5.73 Å². The van der Waals surface area contributed by atoms with Crippen LogP contribution in [0.1, 0.15) is 53.9 Å². The van der Waals surface area contributed by atoms with Crippen LogP contribution in [0.25, 0.3) is 0 Å². The van der Waals surface area contributed by atoms with Gasteiger partial charge in [-0.2, -0.15) is 0 Å². The Balaban J connectivity index is 2.33. The molecule has 4 heteroatoms. The van der Waals surface area contributed by atoms with E-state index in [2.05, 4.69) is 32.6 Å². The van der Waals surface area contributed by atoms with Gasteiger partial charge in [-0.05, 0) is 54.0 Å². The van der Waals surface area contributed by atoms with E-state index in [1.807, 2.05) is 6.92 Å². The van der Waals surface area contributed by atoms with Crippen LogP contribution in [0, 0.1) is 0 Å². The maximum atomic E-state index is 9.13. The molecule has 0 aromatic rings. The molecule has 114 valence electrons. The van der Waals surface area contributed by atoms with Crippen LogP contribution >= 0.6 is 0 Å². The maximum absolute atomic E-state index is 9.13. The zero-order valence-electron chi connectivity index (χ0n) is 13.3. The van der Waals surface area contributed by atoms with Crippen molar-refractivity contribution in [1.82, 2.24) is 4.90 Å². The highest BCUT2D eigenvalue weighted by molar-refractivity contribution is 4.89. The molecule has 0 aliphatic carbocycles. The summed E-state index contributed by atoms with van der Waals surface area (Å²) in [5, 5.41) is 9.13. The molecule has 3 N–H and O–H groups in total. The van der Waals surface area contributed by atoms with Gasteiger partial charge in [0.05, 0.1) is 17.8 Å². The second-order valence-electron chi connectivity index (χ2n) is 7.60. The third kappa shape index (κ3) is 6.21. The molecule has 0 saturated carbocycles. The molecule has 1 unspecified atom stereocenters. The topological polar surface area (TPSA) is 58.7 Å². The molecule has 4 nitrogen and oxygen atoms in total. The minimum atomic E-state index is -0.427. The van der Waals surface area contributed by atoms with E-state index in [1.165, 1.54) is 0 Å². The number of aliphatic hydroxyl groups is 1. The molecule has 19 heavy (non-hydrogen) atoms. The van der Waals surface area contributed by atoms with Crippen LogP contribution in [-0.4, -0.2) is 53.0 Å². The molecular formula is C15H32N2O2. The lowest BCUT2D eigenvalue weighted by molar-refractivity contribution is -0.180. The second-order valence-corrected chi connectivity index (χ2v) is 7.60. The number of ether oxygens (including phenoxy) is 1. The van der Waals surface area contributed by atoms with E-state index < -0.39 is 5.54 Å². The molecule has 1 atom stereocenters. The van der Waals surface area contributed by atoms with Crippen molar-refractivity contribution in [2.24, 2.45) is 5.73 Å². The number of morpholine rings is 1. The van der Waals surface area contributed by atoms with E-state index in [9.17, 15) is 0 Å². The summed E-state index contributed by atoms with van der Waals surface area (Å²) in [4.78, 5) is 2.48. The Morgan fingerprint density at radius 2 is 1.68 bits per heavy atom. The van der Waals surface area contributed by atoms with E-state index in [-0.39, 0.29) is 17.8 Å². The molecule has 1 aliphatic rings. The Morgan fingerprint density at radius 1 is 1.16 bits per heavy atom. The standard InChI is InChI=1S/C15H32N2O2/c1-13(2)10-17(11-14(3,4)19-13)9-7-6-8-15(5,16)12-18/h18H,6-12,16H2,1-5H3. The van der Waals surface area contributed by atoms with Gasteiger partial charge in [-0.3, -0.25) is 4.90 Å². The van der Waals surface area contributed by atoms with Crippen molar-refractivity contribution in [3.63, 3.8) is 0 Å². The maximum Gasteiger partial charge on any atom is 0.0760 e. The number of unbranched alkanes of at least 4 members (excludes halogenated alkanes) is 1. The molecule has 1 aliphatic heterocycles. The van der Waals surface area contributed by atoms with Crippen LogP contribution in [-0.2, 0) is 4.74 Å². The zero-order chi connectivity index (χ0) is 14.7. The lowest BCUT2D eigenvalue weighted by atomic mass is 9.96. The minimum absolute atomic E-state index is 0.0601. The summed E-state index contributed by atoms with van der Waals surface area (Å²) in [6.07, 6.45) is 3.06. The summed E-state index contributed by atoms with van der Waals surface area (Å²) in [6.45, 7) is 13.6. The number of nitrogens with two attached hydrogens (primary N) is 1. The minimum Gasteiger partial charge on any atom is -0.394 e. The van der Waals surface area contributed by atoms with Gasteiger partial charge in [0.2, 0.25) is 0 Å². The Bertz CT molecular complexity index is 272. The quantitative estimate of drug-likeness (QED) is 0.723. The first kappa shape index (κ1) is 16.9. The van der Waals surface area contributed by atoms with E-state index in [4.69, 9.17) is 15.6 Å². The summed E-state index contributed by atoms with van der Waals surface area (Å²) in [5.41, 5.74) is 5.36. The first-order chi connectivity index (χ1) is 8.55. The van der Waals surface area contributed by atoms with Crippen LogP contribution in [0.5, 0.6) is 0 Å². The highest BCUT2D eigenvalue weighted by Crippen LogP contribution is 2.28. The fraction of sp³-hybridized carbons (Fsp3) is 1.00. The summed E-state index contributed by atoms with van der Waals surface area (Å²) in [7, 11) is 0. The average Bonchev–Trinajstić information content (AvgIpc) is 2.20. The molecule has 0 aromatic carbocycles. The Labute approximate surface area is 118 Å². The fourth-order valence-corrected chi connectivity index (χ4v) is 3.05. The Kier molecular flexibility index (Phi) is 5.41. The van der Waals surface area contributed by atoms with Crippen LogP contribution in [0.4, 0.5) is 0 Å². The van der Waals surface area contributed by atoms with Crippen molar-refractivity contribution >= 4 is 0 Å². The number of rotatable bonds is 6. The van der Waals surface area contributed by atoms with E-state index in [1.54, 1.807) is 0 Å². The van der Waals surface area contributed by atoms with Crippen molar-refractivity contribution in [1.29, 1.82) is 0 Å². The predicted octanol–water partition coefficient (Wildman–Crippen LogP) is 1.76. The third-order valence-corrected chi connectivity index (χ3v) is 3.59. The predicted molar refractivity (Wildman–Crippen MR) is 79.2 cm³/mol. The molecule has 0 bridgehead atoms. The molecule has 0 amide bonds. The average molecular weight is 272 g/mol. The Hall–Kier alpha value is -0.160. The van der Waals surface area contributed by atoms with Crippen LogP contribution in [0.15, 0.2) is 0 Å². The molecular weight excluding hydrogens is 240 g/mol. The highest BCUT2D eigenvalue weighted by Gasteiger charge is 2.37. The van der Waals surface area contributed by atoms with Gasteiger partial charge in [0, 0.05) is 18.6 Å². The lowest BCUT2D eigenvalue weighted by Crippen LogP contribution is -2.57. The van der Waals surface area contributed by atoms with Crippen molar-refractivity contribution in [3.05, 3.63) is 0 Å². The second kappa shape index (κ2) is 6.08. The normalized spacial score (nSPS) is 26.1. The molecule has 1 fully saturated rings. The lowest BCUT2D eigenvalue weighted by Gasteiger charge is -2.47. The highest BCUT2D eigenvalue weighted by atomic mass is 16.5. The van der Waals surface area contributed by atoms with Gasteiger partial charge >= 0.3 is 0 Å². The van der Waals surface area contributed by atoms with Crippen molar-refractivity contribution < 1.29 is 9.84 Å². The van der Waals surface area contributed by atoms with Gasteiger partial charge < -0.3 is 15.6 Å². The van der Waals surface area contributed by atoms with Gasteiger partial charge in [0.1, 0.15) is 0 Å². The third-order valence-electron chi connectivity index (χ3n) is 3.59. The first-order valence-electron chi connectivity index (χ1n) is 7.38. The van der Waals surface area contributed by atoms with Crippen LogP contribution in [0.2, 0.25) is 0 Å². The van der Waals surface area contributed by atoms with Crippen molar-refractivity contribution in [3.8, 4) is 0 Å². The smallest absolute Gasteiger partial charge is 0.0760 e. The molecule has 1 rings (SSSR count). The molecule has 1 heterocycles. The van der Waals surface area contributed by atoms with Gasteiger partial charge in [-0.1, -0.05) is 6.42 Å². The number of aliphatic hydroxyl groups excluding tert-OH is 1. The summed E-state index contributed by atoms with van der Waals surface area (Å²) >= 11 is 0. The molecule has 0 spiro atoms. The molecule has 0 radical (unpaired) electrons.